The summed E-state index contributed by atoms with van der Waals surface area (Å²) in [6.07, 6.45) is 1.41. The molecular formula is C11H19N3O2. The van der Waals surface area contributed by atoms with Gasteiger partial charge in [-0.2, -0.15) is 5.26 Å². The summed E-state index contributed by atoms with van der Waals surface area (Å²) < 4.78 is 4.95. The van der Waals surface area contributed by atoms with Gasteiger partial charge in [0.25, 0.3) is 0 Å². The topological polar surface area (TPSA) is 65.4 Å². The van der Waals surface area contributed by atoms with Crippen LogP contribution in [0.5, 0.6) is 0 Å². The molecule has 1 aliphatic rings. The van der Waals surface area contributed by atoms with Gasteiger partial charge < -0.3 is 15.0 Å². The van der Waals surface area contributed by atoms with E-state index in [2.05, 4.69) is 16.3 Å². The number of nitrogens with one attached hydrogen (secondary N) is 1. The number of carbonyl (C=O) groups excluding carboxylic acids is 1. The molecule has 0 spiro atoms. The van der Waals surface area contributed by atoms with E-state index in [1.807, 2.05) is 7.05 Å². The number of nitrogens with zero attached hydrogens (tertiary/aromatic N) is 2. The quantitative estimate of drug-likeness (QED) is 0.661. The molecule has 1 N–H and O–H groups in total. The van der Waals surface area contributed by atoms with E-state index in [1.54, 1.807) is 7.11 Å². The molecule has 5 nitrogen and oxygen atoms in total. The summed E-state index contributed by atoms with van der Waals surface area (Å²) in [5, 5.41) is 11.6. The Bertz CT molecular complexity index is 281. The third-order valence-electron chi connectivity index (χ3n) is 2.85. The minimum absolute atomic E-state index is 0.116. The molecule has 0 aromatic rings. The molecule has 0 saturated heterocycles. The van der Waals surface area contributed by atoms with Crippen LogP contribution in [0.1, 0.15) is 12.8 Å². The van der Waals surface area contributed by atoms with Crippen LogP contribution >= 0.6 is 0 Å². The summed E-state index contributed by atoms with van der Waals surface area (Å²) >= 11 is 0. The number of methoxy groups -OCH3 is 1. The second-order valence-corrected chi connectivity index (χ2v) is 4.25. The van der Waals surface area contributed by atoms with Crippen molar-refractivity contribution in [1.29, 1.82) is 5.26 Å². The zero-order valence-corrected chi connectivity index (χ0v) is 9.95. The molecule has 0 unspecified atom stereocenters. The van der Waals surface area contributed by atoms with Gasteiger partial charge >= 0.3 is 0 Å². The molecule has 1 aliphatic carbocycles. The standard InChI is InChI=1S/C11H19N3O2/c1-14(7-8-16-2)6-5-13-10(15)11(9-12)3-4-11/h3-8H2,1-2H3,(H,13,15). The highest BCUT2D eigenvalue weighted by atomic mass is 16.5. The van der Waals surface area contributed by atoms with Gasteiger partial charge in [-0.25, -0.2) is 0 Å². The predicted molar refractivity (Wildman–Crippen MR) is 59.7 cm³/mol. The first-order valence-corrected chi connectivity index (χ1v) is 5.51. The van der Waals surface area contributed by atoms with Crippen LogP contribution in [-0.4, -0.2) is 51.2 Å². The molecule has 0 bridgehead atoms. The Kier molecular flexibility index (Phi) is 4.71. The number of nitriles is 1. The van der Waals surface area contributed by atoms with E-state index in [0.29, 0.717) is 26.0 Å². The molecule has 0 aliphatic heterocycles. The lowest BCUT2D eigenvalue weighted by Gasteiger charge is -2.16. The van der Waals surface area contributed by atoms with Crippen molar-refractivity contribution in [3.05, 3.63) is 0 Å². The van der Waals surface area contributed by atoms with Crippen LogP contribution in [-0.2, 0) is 9.53 Å². The Morgan fingerprint density at radius 1 is 1.56 bits per heavy atom. The highest BCUT2D eigenvalue weighted by Gasteiger charge is 2.50. The lowest BCUT2D eigenvalue weighted by Crippen LogP contribution is -2.37. The number of rotatable bonds is 7. The molecule has 0 heterocycles. The number of likely N-dealkylation sites (N-methyl/N-ethyl adjacent to an activating group) is 1. The molecule has 0 aromatic carbocycles. The van der Waals surface area contributed by atoms with Crippen molar-refractivity contribution in [3.63, 3.8) is 0 Å². The SMILES string of the molecule is COCCN(C)CCNC(=O)C1(C#N)CC1. The fourth-order valence-electron chi connectivity index (χ4n) is 1.40. The van der Waals surface area contributed by atoms with Crippen LogP contribution in [0.4, 0.5) is 0 Å². The van der Waals surface area contributed by atoms with Gasteiger partial charge in [-0.1, -0.05) is 0 Å². The van der Waals surface area contributed by atoms with Crippen molar-refractivity contribution in [2.45, 2.75) is 12.8 Å². The van der Waals surface area contributed by atoms with Crippen molar-refractivity contribution in [2.75, 3.05) is 40.4 Å². The third-order valence-corrected chi connectivity index (χ3v) is 2.85. The Morgan fingerprint density at radius 2 is 2.25 bits per heavy atom. The highest BCUT2D eigenvalue weighted by molar-refractivity contribution is 5.88. The smallest absolute Gasteiger partial charge is 0.240 e. The van der Waals surface area contributed by atoms with Crippen molar-refractivity contribution < 1.29 is 9.53 Å². The number of hydrogen-bond acceptors (Lipinski definition) is 4. The van der Waals surface area contributed by atoms with Crippen LogP contribution in [0.3, 0.4) is 0 Å². The van der Waals surface area contributed by atoms with Crippen LogP contribution in [0.25, 0.3) is 0 Å². The van der Waals surface area contributed by atoms with Crippen LogP contribution in [0.15, 0.2) is 0 Å². The largest absolute Gasteiger partial charge is 0.383 e. The molecular weight excluding hydrogens is 206 g/mol. The molecule has 0 atom stereocenters. The number of ether oxygens (including phenoxy) is 1. The van der Waals surface area contributed by atoms with E-state index in [9.17, 15) is 4.79 Å². The molecule has 1 saturated carbocycles. The summed E-state index contributed by atoms with van der Waals surface area (Å²) in [7, 11) is 3.64. The summed E-state index contributed by atoms with van der Waals surface area (Å²) in [5.74, 6) is -0.116. The lowest BCUT2D eigenvalue weighted by atomic mass is 10.1. The third kappa shape index (κ3) is 3.47. The normalized spacial score (nSPS) is 16.9. The molecule has 1 rings (SSSR count). The average Bonchev–Trinajstić information content (AvgIpc) is 3.07. The second-order valence-electron chi connectivity index (χ2n) is 4.25. The average molecular weight is 225 g/mol. The Hall–Kier alpha value is -1.12. The van der Waals surface area contributed by atoms with Gasteiger partial charge in [0, 0.05) is 26.7 Å². The Morgan fingerprint density at radius 3 is 2.75 bits per heavy atom. The van der Waals surface area contributed by atoms with Gasteiger partial charge in [0.15, 0.2) is 0 Å². The predicted octanol–water partition coefficient (Wildman–Crippen LogP) is -0.0154. The summed E-state index contributed by atoms with van der Waals surface area (Å²) in [6.45, 7) is 2.89. The van der Waals surface area contributed by atoms with Crippen molar-refractivity contribution in [2.24, 2.45) is 5.41 Å². The molecule has 1 amide bonds. The van der Waals surface area contributed by atoms with E-state index in [4.69, 9.17) is 10.00 Å². The zero-order chi connectivity index (χ0) is 12.0. The first-order valence-electron chi connectivity index (χ1n) is 5.51. The van der Waals surface area contributed by atoms with E-state index in [1.165, 1.54) is 0 Å². The van der Waals surface area contributed by atoms with Gasteiger partial charge in [0.2, 0.25) is 5.91 Å². The van der Waals surface area contributed by atoms with Gasteiger partial charge in [-0.05, 0) is 19.9 Å². The van der Waals surface area contributed by atoms with Gasteiger partial charge in [0.1, 0.15) is 5.41 Å². The van der Waals surface area contributed by atoms with E-state index in [-0.39, 0.29) is 5.91 Å². The van der Waals surface area contributed by atoms with Crippen LogP contribution < -0.4 is 5.32 Å². The van der Waals surface area contributed by atoms with Crippen molar-refractivity contribution >= 4 is 5.91 Å². The minimum atomic E-state index is -0.703. The number of amides is 1. The summed E-state index contributed by atoms with van der Waals surface area (Å²) in [4.78, 5) is 13.7. The Labute approximate surface area is 96.4 Å². The number of hydrogen-bond donors (Lipinski definition) is 1. The van der Waals surface area contributed by atoms with E-state index >= 15 is 0 Å². The highest BCUT2D eigenvalue weighted by Crippen LogP contribution is 2.44. The fraction of sp³-hybridized carbons (Fsp3) is 0.818. The van der Waals surface area contributed by atoms with Crippen LogP contribution in [0, 0.1) is 16.7 Å². The molecule has 16 heavy (non-hydrogen) atoms. The fourth-order valence-corrected chi connectivity index (χ4v) is 1.40. The zero-order valence-electron chi connectivity index (χ0n) is 9.95. The van der Waals surface area contributed by atoms with Crippen molar-refractivity contribution in [1.82, 2.24) is 10.2 Å². The first kappa shape index (κ1) is 12.9. The molecule has 0 radical (unpaired) electrons. The molecule has 0 aromatic heterocycles. The van der Waals surface area contributed by atoms with E-state index < -0.39 is 5.41 Å². The maximum atomic E-state index is 11.6. The first-order chi connectivity index (χ1) is 7.64. The monoisotopic (exact) mass is 225 g/mol. The van der Waals surface area contributed by atoms with E-state index in [0.717, 1.165) is 13.1 Å². The molecule has 5 heteroatoms. The Balaban J connectivity index is 2.12. The molecule has 90 valence electrons. The molecule has 1 fully saturated rings. The maximum Gasteiger partial charge on any atom is 0.240 e. The summed E-state index contributed by atoms with van der Waals surface area (Å²) in [5.41, 5.74) is -0.703. The van der Waals surface area contributed by atoms with Gasteiger partial charge in [0.05, 0.1) is 12.7 Å². The number of carbonyl (C=O) groups is 1. The maximum absolute atomic E-state index is 11.6. The second kappa shape index (κ2) is 5.83. The lowest BCUT2D eigenvalue weighted by molar-refractivity contribution is -0.124. The summed E-state index contributed by atoms with van der Waals surface area (Å²) in [6, 6.07) is 2.08. The van der Waals surface area contributed by atoms with Gasteiger partial charge in [-0.3, -0.25) is 4.79 Å². The van der Waals surface area contributed by atoms with Crippen molar-refractivity contribution in [3.8, 4) is 6.07 Å². The van der Waals surface area contributed by atoms with Gasteiger partial charge in [-0.15, -0.1) is 0 Å². The minimum Gasteiger partial charge on any atom is -0.383 e. The van der Waals surface area contributed by atoms with Crippen LogP contribution in [0.2, 0.25) is 0 Å².